The van der Waals surface area contributed by atoms with Crippen LogP contribution in [-0.2, 0) is 4.79 Å². The molecular formula is C14H19ClN2O2. The largest absolute Gasteiger partial charge is 0.389 e. The predicted molar refractivity (Wildman–Crippen MR) is 76.6 cm³/mol. The summed E-state index contributed by atoms with van der Waals surface area (Å²) in [6, 6.07) is 5.49. The number of likely N-dealkylation sites (N-methyl/N-ethyl adjacent to an activating group) is 1. The molecular weight excluding hydrogens is 264 g/mol. The Balaban J connectivity index is 2.24. The molecule has 4 nitrogen and oxygen atoms in total. The highest BCUT2D eigenvalue weighted by molar-refractivity contribution is 6.33. The minimum Gasteiger partial charge on any atom is -0.389 e. The van der Waals surface area contributed by atoms with Gasteiger partial charge in [0.1, 0.15) is 0 Å². The lowest BCUT2D eigenvalue weighted by atomic mass is 10.1. The molecule has 1 heterocycles. The minimum absolute atomic E-state index is 0.105. The maximum Gasteiger partial charge on any atom is 0.241 e. The summed E-state index contributed by atoms with van der Waals surface area (Å²) < 4.78 is 0. The Bertz CT molecular complexity index is 477. The number of hydrogen-bond acceptors (Lipinski definition) is 3. The molecule has 5 heteroatoms. The molecule has 1 unspecified atom stereocenters. The fraction of sp³-hybridized carbons (Fsp3) is 0.500. The van der Waals surface area contributed by atoms with E-state index < -0.39 is 6.10 Å². The van der Waals surface area contributed by atoms with Crippen molar-refractivity contribution in [2.24, 2.45) is 0 Å². The van der Waals surface area contributed by atoms with Crippen molar-refractivity contribution >= 4 is 23.2 Å². The zero-order valence-corrected chi connectivity index (χ0v) is 12.0. The smallest absolute Gasteiger partial charge is 0.241 e. The van der Waals surface area contributed by atoms with Gasteiger partial charge in [-0.25, -0.2) is 0 Å². The van der Waals surface area contributed by atoms with Gasteiger partial charge >= 0.3 is 0 Å². The SMILES string of the molecule is CC(O)c1ccc(N2CCCN(C)C(=O)C2)c(Cl)c1. The molecule has 0 radical (unpaired) electrons. The van der Waals surface area contributed by atoms with E-state index in [0.29, 0.717) is 11.6 Å². The number of benzene rings is 1. The van der Waals surface area contributed by atoms with Crippen LogP contribution in [-0.4, -0.2) is 42.6 Å². The quantitative estimate of drug-likeness (QED) is 0.903. The maximum absolute atomic E-state index is 11.9. The normalized spacial score (nSPS) is 18.4. The molecule has 19 heavy (non-hydrogen) atoms. The summed E-state index contributed by atoms with van der Waals surface area (Å²) in [6.07, 6.45) is 0.389. The Morgan fingerprint density at radius 2 is 2.11 bits per heavy atom. The zero-order valence-electron chi connectivity index (χ0n) is 11.3. The second-order valence-corrected chi connectivity index (χ2v) is 5.38. The molecule has 1 amide bonds. The van der Waals surface area contributed by atoms with Gasteiger partial charge in [0.15, 0.2) is 0 Å². The fourth-order valence-electron chi connectivity index (χ4n) is 2.23. The standard InChI is InChI=1S/C14H19ClN2O2/c1-10(18)11-4-5-13(12(15)8-11)17-7-3-6-16(2)14(19)9-17/h4-5,8,10,18H,3,6-7,9H2,1-2H3. The molecule has 1 aliphatic heterocycles. The average molecular weight is 283 g/mol. The number of hydrogen-bond donors (Lipinski definition) is 1. The van der Waals surface area contributed by atoms with Crippen molar-refractivity contribution in [3.8, 4) is 0 Å². The first-order valence-corrected chi connectivity index (χ1v) is 6.83. The van der Waals surface area contributed by atoms with E-state index in [1.807, 2.05) is 24.1 Å². The number of nitrogens with zero attached hydrogens (tertiary/aromatic N) is 2. The van der Waals surface area contributed by atoms with Crippen molar-refractivity contribution < 1.29 is 9.90 Å². The summed E-state index contributed by atoms with van der Waals surface area (Å²) in [5.41, 5.74) is 1.64. The van der Waals surface area contributed by atoms with E-state index in [-0.39, 0.29) is 5.91 Å². The number of carbonyl (C=O) groups excluding carboxylic acids is 1. The van der Waals surface area contributed by atoms with Crippen LogP contribution in [0.5, 0.6) is 0 Å². The van der Waals surface area contributed by atoms with Crippen molar-refractivity contribution in [3.05, 3.63) is 28.8 Å². The van der Waals surface area contributed by atoms with Gasteiger partial charge in [-0.2, -0.15) is 0 Å². The van der Waals surface area contributed by atoms with Gasteiger partial charge in [0.25, 0.3) is 0 Å². The predicted octanol–water partition coefficient (Wildman–Crippen LogP) is 2.06. The van der Waals surface area contributed by atoms with Gasteiger partial charge in [0.05, 0.1) is 23.4 Å². The van der Waals surface area contributed by atoms with E-state index in [4.69, 9.17) is 11.6 Å². The third-order valence-electron chi connectivity index (χ3n) is 3.47. The molecule has 0 aromatic heterocycles. The van der Waals surface area contributed by atoms with Crippen molar-refractivity contribution in [2.45, 2.75) is 19.4 Å². The Hall–Kier alpha value is -1.26. The van der Waals surface area contributed by atoms with Gasteiger partial charge < -0.3 is 14.9 Å². The van der Waals surface area contributed by atoms with Crippen LogP contribution in [0.25, 0.3) is 0 Å². The van der Waals surface area contributed by atoms with Gasteiger partial charge in [0.2, 0.25) is 5.91 Å². The summed E-state index contributed by atoms with van der Waals surface area (Å²) in [6.45, 7) is 3.64. The van der Waals surface area contributed by atoms with E-state index in [2.05, 4.69) is 0 Å². The average Bonchev–Trinajstić information content (AvgIpc) is 2.52. The number of aliphatic hydroxyl groups is 1. The monoisotopic (exact) mass is 282 g/mol. The van der Waals surface area contributed by atoms with Gasteiger partial charge in [-0.15, -0.1) is 0 Å². The molecule has 104 valence electrons. The van der Waals surface area contributed by atoms with Crippen LogP contribution in [0.15, 0.2) is 18.2 Å². The number of amides is 1. The Kier molecular flexibility index (Phi) is 4.32. The third-order valence-corrected chi connectivity index (χ3v) is 3.77. The molecule has 1 aromatic rings. The lowest BCUT2D eigenvalue weighted by Gasteiger charge is -2.23. The summed E-state index contributed by atoms with van der Waals surface area (Å²) in [5.74, 6) is 0.105. The topological polar surface area (TPSA) is 43.8 Å². The lowest BCUT2D eigenvalue weighted by Crippen LogP contribution is -2.34. The van der Waals surface area contributed by atoms with E-state index >= 15 is 0 Å². The van der Waals surface area contributed by atoms with Crippen molar-refractivity contribution in [2.75, 3.05) is 31.6 Å². The van der Waals surface area contributed by atoms with Gasteiger partial charge in [-0.05, 0) is 31.0 Å². The molecule has 1 atom stereocenters. The number of aliphatic hydroxyl groups excluding tert-OH is 1. The van der Waals surface area contributed by atoms with Crippen LogP contribution in [0.4, 0.5) is 5.69 Å². The molecule has 1 N–H and O–H groups in total. The molecule has 2 rings (SSSR count). The van der Waals surface area contributed by atoms with Gasteiger partial charge in [-0.3, -0.25) is 4.79 Å². The highest BCUT2D eigenvalue weighted by Crippen LogP contribution is 2.29. The first kappa shape index (κ1) is 14.2. The van der Waals surface area contributed by atoms with Crippen molar-refractivity contribution in [1.82, 2.24) is 4.90 Å². The van der Waals surface area contributed by atoms with E-state index in [9.17, 15) is 9.90 Å². The summed E-state index contributed by atoms with van der Waals surface area (Å²) in [5, 5.41) is 10.1. The number of halogens is 1. The maximum atomic E-state index is 11.9. The van der Waals surface area contributed by atoms with E-state index in [1.54, 1.807) is 17.9 Å². The molecule has 0 saturated carbocycles. The summed E-state index contributed by atoms with van der Waals surface area (Å²) >= 11 is 6.27. The summed E-state index contributed by atoms with van der Waals surface area (Å²) in [7, 11) is 1.82. The Morgan fingerprint density at radius 3 is 2.74 bits per heavy atom. The van der Waals surface area contributed by atoms with E-state index in [1.165, 1.54) is 0 Å². The number of rotatable bonds is 2. The molecule has 0 bridgehead atoms. The van der Waals surface area contributed by atoms with Crippen LogP contribution in [0.3, 0.4) is 0 Å². The second kappa shape index (κ2) is 5.80. The van der Waals surface area contributed by atoms with Gasteiger partial charge in [-0.1, -0.05) is 17.7 Å². The number of carbonyl (C=O) groups is 1. The summed E-state index contributed by atoms with van der Waals surface area (Å²) in [4.78, 5) is 15.6. The highest BCUT2D eigenvalue weighted by atomic mass is 35.5. The van der Waals surface area contributed by atoms with E-state index in [0.717, 1.165) is 30.8 Å². The fourth-order valence-corrected chi connectivity index (χ4v) is 2.54. The van der Waals surface area contributed by atoms with Crippen molar-refractivity contribution in [1.29, 1.82) is 0 Å². The minimum atomic E-state index is -0.538. The number of anilines is 1. The third kappa shape index (κ3) is 3.19. The van der Waals surface area contributed by atoms with Crippen LogP contribution in [0.2, 0.25) is 5.02 Å². The molecule has 0 aliphatic carbocycles. The van der Waals surface area contributed by atoms with Crippen molar-refractivity contribution in [3.63, 3.8) is 0 Å². The molecule has 1 fully saturated rings. The van der Waals surface area contributed by atoms with Crippen LogP contribution in [0, 0.1) is 0 Å². The first-order chi connectivity index (χ1) is 8.99. The van der Waals surface area contributed by atoms with Crippen LogP contribution in [0.1, 0.15) is 25.0 Å². The van der Waals surface area contributed by atoms with Crippen LogP contribution >= 0.6 is 11.6 Å². The Labute approximate surface area is 118 Å². The van der Waals surface area contributed by atoms with Gasteiger partial charge in [0, 0.05) is 20.1 Å². The highest BCUT2D eigenvalue weighted by Gasteiger charge is 2.21. The molecule has 0 spiro atoms. The molecule has 1 aromatic carbocycles. The molecule has 1 aliphatic rings. The first-order valence-electron chi connectivity index (χ1n) is 6.45. The molecule has 1 saturated heterocycles. The Morgan fingerprint density at radius 1 is 1.37 bits per heavy atom. The lowest BCUT2D eigenvalue weighted by molar-refractivity contribution is -0.127. The second-order valence-electron chi connectivity index (χ2n) is 4.98. The van der Waals surface area contributed by atoms with Crippen LogP contribution < -0.4 is 4.90 Å². The zero-order chi connectivity index (χ0) is 14.0.